The molecule has 2 aliphatic rings. The van der Waals surface area contributed by atoms with Crippen LogP contribution in [0.1, 0.15) is 22.8 Å². The van der Waals surface area contributed by atoms with E-state index in [2.05, 4.69) is 44.0 Å². The Balaban J connectivity index is 1.33. The summed E-state index contributed by atoms with van der Waals surface area (Å²) < 4.78 is 0. The van der Waals surface area contributed by atoms with Crippen molar-refractivity contribution in [1.29, 1.82) is 0 Å². The molecule has 1 aromatic carbocycles. The van der Waals surface area contributed by atoms with E-state index in [-0.39, 0.29) is 5.91 Å². The van der Waals surface area contributed by atoms with Crippen molar-refractivity contribution in [1.82, 2.24) is 20.0 Å². The van der Waals surface area contributed by atoms with E-state index in [1.54, 1.807) is 0 Å². The first-order valence-corrected chi connectivity index (χ1v) is 10.6. The van der Waals surface area contributed by atoms with Crippen LogP contribution in [0.15, 0.2) is 36.4 Å². The van der Waals surface area contributed by atoms with Crippen molar-refractivity contribution in [3.05, 3.63) is 47.5 Å². The number of anilines is 2. The zero-order valence-corrected chi connectivity index (χ0v) is 17.4. The van der Waals surface area contributed by atoms with Crippen molar-refractivity contribution < 1.29 is 4.79 Å². The van der Waals surface area contributed by atoms with Crippen LogP contribution >= 0.6 is 0 Å². The Morgan fingerprint density at radius 1 is 0.828 bits per heavy atom. The van der Waals surface area contributed by atoms with Crippen molar-refractivity contribution >= 4 is 17.5 Å². The third-order valence-corrected chi connectivity index (χ3v) is 6.05. The van der Waals surface area contributed by atoms with Gasteiger partial charge in [0.2, 0.25) is 0 Å². The van der Waals surface area contributed by atoms with Gasteiger partial charge in [-0.1, -0.05) is 25.1 Å². The van der Waals surface area contributed by atoms with Crippen molar-refractivity contribution in [3.63, 3.8) is 0 Å². The zero-order chi connectivity index (χ0) is 20.2. The number of aryl methyl sites for hydroxylation is 1. The number of likely N-dealkylation sites (N-methyl/N-ethyl adjacent to an activating group) is 1. The van der Waals surface area contributed by atoms with Gasteiger partial charge in [0.05, 0.1) is 0 Å². The van der Waals surface area contributed by atoms with Crippen LogP contribution < -0.4 is 9.80 Å². The summed E-state index contributed by atoms with van der Waals surface area (Å²) in [6.07, 6.45) is 0. The van der Waals surface area contributed by atoms with Crippen LogP contribution in [0.5, 0.6) is 0 Å². The molecule has 7 heteroatoms. The summed E-state index contributed by atoms with van der Waals surface area (Å²) in [6.45, 7) is 12.4. The molecule has 0 radical (unpaired) electrons. The Kier molecular flexibility index (Phi) is 5.94. The first-order valence-electron chi connectivity index (χ1n) is 10.6. The SMILES string of the molecule is CCN1CCN(c2ccc(N3CCN(C(=O)c4ccccc4C)CC3)nn2)CC1. The minimum absolute atomic E-state index is 0.121. The lowest BCUT2D eigenvalue weighted by Crippen LogP contribution is -2.49. The topological polar surface area (TPSA) is 55.8 Å². The van der Waals surface area contributed by atoms with Crippen LogP contribution in [-0.2, 0) is 0 Å². The number of carbonyl (C=O) groups excluding carboxylic acids is 1. The number of amides is 1. The Labute approximate surface area is 172 Å². The maximum atomic E-state index is 12.8. The molecule has 29 heavy (non-hydrogen) atoms. The molecule has 3 heterocycles. The second-order valence-corrected chi connectivity index (χ2v) is 7.77. The van der Waals surface area contributed by atoms with Crippen molar-refractivity contribution in [2.45, 2.75) is 13.8 Å². The average Bonchev–Trinajstić information content (AvgIpc) is 2.79. The van der Waals surface area contributed by atoms with E-state index < -0.39 is 0 Å². The maximum absolute atomic E-state index is 12.8. The van der Waals surface area contributed by atoms with Crippen molar-refractivity contribution in [3.8, 4) is 0 Å². The van der Waals surface area contributed by atoms with Gasteiger partial charge in [-0.05, 0) is 37.2 Å². The lowest BCUT2D eigenvalue weighted by molar-refractivity contribution is 0.0745. The van der Waals surface area contributed by atoms with Gasteiger partial charge in [0.15, 0.2) is 11.6 Å². The molecule has 2 saturated heterocycles. The van der Waals surface area contributed by atoms with Gasteiger partial charge < -0.3 is 19.6 Å². The molecule has 1 aromatic heterocycles. The Bertz CT molecular complexity index is 823. The maximum Gasteiger partial charge on any atom is 0.254 e. The minimum atomic E-state index is 0.121. The molecule has 4 rings (SSSR count). The first kappa shape index (κ1) is 19.6. The van der Waals surface area contributed by atoms with Gasteiger partial charge in [0.1, 0.15) is 0 Å². The molecular weight excluding hydrogens is 364 g/mol. The van der Waals surface area contributed by atoms with Gasteiger partial charge in [0, 0.05) is 57.9 Å². The Morgan fingerprint density at radius 3 is 1.90 bits per heavy atom. The molecule has 0 bridgehead atoms. The number of nitrogens with zero attached hydrogens (tertiary/aromatic N) is 6. The monoisotopic (exact) mass is 394 g/mol. The Hall–Kier alpha value is -2.67. The fourth-order valence-electron chi connectivity index (χ4n) is 4.07. The number of rotatable bonds is 4. The second kappa shape index (κ2) is 8.78. The molecule has 7 nitrogen and oxygen atoms in total. The zero-order valence-electron chi connectivity index (χ0n) is 17.4. The highest BCUT2D eigenvalue weighted by molar-refractivity contribution is 5.95. The van der Waals surface area contributed by atoms with E-state index in [4.69, 9.17) is 0 Å². The fraction of sp³-hybridized carbons (Fsp3) is 0.500. The van der Waals surface area contributed by atoms with Crippen LogP contribution in [0.2, 0.25) is 0 Å². The number of carbonyl (C=O) groups is 1. The summed E-state index contributed by atoms with van der Waals surface area (Å²) in [4.78, 5) is 21.7. The number of piperazine rings is 2. The molecule has 0 saturated carbocycles. The van der Waals surface area contributed by atoms with Crippen LogP contribution in [0, 0.1) is 6.92 Å². The van der Waals surface area contributed by atoms with Gasteiger partial charge in [-0.3, -0.25) is 4.79 Å². The lowest BCUT2D eigenvalue weighted by atomic mass is 10.1. The average molecular weight is 395 g/mol. The summed E-state index contributed by atoms with van der Waals surface area (Å²) in [5, 5.41) is 8.95. The molecule has 0 atom stereocenters. The van der Waals surface area contributed by atoms with E-state index in [0.29, 0.717) is 13.1 Å². The van der Waals surface area contributed by atoms with Gasteiger partial charge in [-0.15, -0.1) is 10.2 Å². The summed E-state index contributed by atoms with van der Waals surface area (Å²) in [7, 11) is 0. The van der Waals surface area contributed by atoms with Gasteiger partial charge >= 0.3 is 0 Å². The summed E-state index contributed by atoms with van der Waals surface area (Å²) in [6, 6.07) is 11.9. The lowest BCUT2D eigenvalue weighted by Gasteiger charge is -2.36. The van der Waals surface area contributed by atoms with E-state index in [9.17, 15) is 4.79 Å². The van der Waals surface area contributed by atoms with Gasteiger partial charge in [-0.25, -0.2) is 0 Å². The summed E-state index contributed by atoms with van der Waals surface area (Å²) >= 11 is 0. The standard InChI is InChI=1S/C22H30N6O/c1-3-25-10-12-26(13-11-25)20-8-9-21(24-23-20)27-14-16-28(17-15-27)22(29)19-7-5-4-6-18(19)2/h4-9H,3,10-17H2,1-2H3. The minimum Gasteiger partial charge on any atom is -0.353 e. The third kappa shape index (κ3) is 4.34. The number of hydrogen-bond acceptors (Lipinski definition) is 6. The molecule has 2 fully saturated rings. The molecule has 0 aliphatic carbocycles. The highest BCUT2D eigenvalue weighted by Crippen LogP contribution is 2.19. The van der Waals surface area contributed by atoms with Crippen molar-refractivity contribution in [2.24, 2.45) is 0 Å². The van der Waals surface area contributed by atoms with E-state index in [0.717, 1.165) is 68.6 Å². The predicted molar refractivity (Wildman–Crippen MR) is 116 cm³/mol. The molecule has 0 unspecified atom stereocenters. The molecule has 1 amide bonds. The van der Waals surface area contributed by atoms with Gasteiger partial charge in [-0.2, -0.15) is 0 Å². The van der Waals surface area contributed by atoms with Crippen molar-refractivity contribution in [2.75, 3.05) is 68.7 Å². The highest BCUT2D eigenvalue weighted by Gasteiger charge is 2.24. The second-order valence-electron chi connectivity index (χ2n) is 7.77. The molecular formula is C22H30N6O. The molecule has 2 aliphatic heterocycles. The van der Waals surface area contributed by atoms with Crippen LogP contribution in [0.25, 0.3) is 0 Å². The van der Waals surface area contributed by atoms with Crippen LogP contribution in [0.4, 0.5) is 11.6 Å². The molecule has 0 spiro atoms. The number of aromatic nitrogens is 2. The van der Waals surface area contributed by atoms with E-state index in [1.165, 1.54) is 0 Å². The van der Waals surface area contributed by atoms with Gasteiger partial charge in [0.25, 0.3) is 5.91 Å². The third-order valence-electron chi connectivity index (χ3n) is 6.05. The first-order chi connectivity index (χ1) is 14.2. The molecule has 154 valence electrons. The molecule has 0 N–H and O–H groups in total. The van der Waals surface area contributed by atoms with E-state index >= 15 is 0 Å². The largest absolute Gasteiger partial charge is 0.353 e. The van der Waals surface area contributed by atoms with E-state index in [1.807, 2.05) is 36.1 Å². The number of benzene rings is 1. The molecule has 2 aromatic rings. The summed E-state index contributed by atoms with van der Waals surface area (Å²) in [5.74, 6) is 1.97. The Morgan fingerprint density at radius 2 is 1.38 bits per heavy atom. The highest BCUT2D eigenvalue weighted by atomic mass is 16.2. The van der Waals surface area contributed by atoms with Crippen LogP contribution in [-0.4, -0.2) is 84.8 Å². The smallest absolute Gasteiger partial charge is 0.254 e. The predicted octanol–water partition coefficient (Wildman–Crippen LogP) is 1.89. The number of hydrogen-bond donors (Lipinski definition) is 0. The summed E-state index contributed by atoms with van der Waals surface area (Å²) in [5.41, 5.74) is 1.83. The van der Waals surface area contributed by atoms with Crippen LogP contribution in [0.3, 0.4) is 0 Å². The fourth-order valence-corrected chi connectivity index (χ4v) is 4.07. The normalized spacial score (nSPS) is 18.2. The quantitative estimate of drug-likeness (QED) is 0.789.